The fourth-order valence-corrected chi connectivity index (χ4v) is 2.12. The first kappa shape index (κ1) is 17.9. The Morgan fingerprint density at radius 2 is 2.05 bits per heavy atom. The molecule has 1 heterocycles. The van der Waals surface area contributed by atoms with Crippen LogP contribution < -0.4 is 10.2 Å². The van der Waals surface area contributed by atoms with E-state index in [1.807, 2.05) is 0 Å². The van der Waals surface area contributed by atoms with Gasteiger partial charge < -0.3 is 15.0 Å². The summed E-state index contributed by atoms with van der Waals surface area (Å²) in [6.45, 7) is 11.9. The van der Waals surface area contributed by atoms with Crippen LogP contribution in [0.4, 0.5) is 5.82 Å². The molecule has 21 heavy (non-hydrogen) atoms. The summed E-state index contributed by atoms with van der Waals surface area (Å²) >= 11 is 0. The van der Waals surface area contributed by atoms with Gasteiger partial charge in [-0.3, -0.25) is 0 Å². The number of hydrogen-bond acceptors (Lipinski definition) is 4. The van der Waals surface area contributed by atoms with Gasteiger partial charge in [-0.2, -0.15) is 0 Å². The summed E-state index contributed by atoms with van der Waals surface area (Å²) in [5, 5.41) is 3.39. The maximum absolute atomic E-state index is 5.63. The van der Waals surface area contributed by atoms with E-state index in [4.69, 9.17) is 9.72 Å². The van der Waals surface area contributed by atoms with Gasteiger partial charge in [0.25, 0.3) is 0 Å². The van der Waals surface area contributed by atoms with E-state index >= 15 is 0 Å². The summed E-state index contributed by atoms with van der Waals surface area (Å²) in [6.07, 6.45) is 2.43. The lowest BCUT2D eigenvalue weighted by Crippen LogP contribution is -2.25. The van der Waals surface area contributed by atoms with Crippen LogP contribution >= 0.6 is 0 Å². The number of hydrogen-bond donors (Lipinski definition) is 1. The minimum absolute atomic E-state index is 0.280. The Labute approximate surface area is 129 Å². The molecule has 0 radical (unpaired) electrons. The van der Waals surface area contributed by atoms with E-state index in [1.54, 1.807) is 0 Å². The first-order valence-corrected chi connectivity index (χ1v) is 8.10. The fourth-order valence-electron chi connectivity index (χ4n) is 2.12. The lowest BCUT2D eigenvalue weighted by Gasteiger charge is -2.21. The molecule has 0 aliphatic carbocycles. The number of anilines is 1. The summed E-state index contributed by atoms with van der Waals surface area (Å²) in [4.78, 5) is 6.95. The van der Waals surface area contributed by atoms with Crippen molar-refractivity contribution in [1.82, 2.24) is 10.3 Å². The summed E-state index contributed by atoms with van der Waals surface area (Å²) in [5.41, 5.74) is 2.49. The molecule has 0 aromatic carbocycles. The van der Waals surface area contributed by atoms with Gasteiger partial charge >= 0.3 is 0 Å². The van der Waals surface area contributed by atoms with Crippen LogP contribution in [0, 0.1) is 0 Å². The second-order valence-electron chi connectivity index (χ2n) is 5.70. The predicted octanol–water partition coefficient (Wildman–Crippen LogP) is 3.00. The zero-order valence-corrected chi connectivity index (χ0v) is 14.3. The van der Waals surface area contributed by atoms with Crippen LogP contribution in [0.15, 0.2) is 12.1 Å². The van der Waals surface area contributed by atoms with E-state index in [-0.39, 0.29) is 6.10 Å². The molecule has 0 saturated carbocycles. The number of likely N-dealkylation sites (N-methyl/N-ethyl adjacent to an activating group) is 1. The Morgan fingerprint density at radius 1 is 1.29 bits per heavy atom. The Balaban J connectivity index is 2.75. The predicted molar refractivity (Wildman–Crippen MR) is 90.0 cm³/mol. The van der Waals surface area contributed by atoms with Crippen molar-refractivity contribution in [2.75, 3.05) is 31.6 Å². The van der Waals surface area contributed by atoms with Gasteiger partial charge in [0.2, 0.25) is 0 Å². The van der Waals surface area contributed by atoms with Crippen molar-refractivity contribution in [3.8, 4) is 0 Å². The molecule has 0 unspecified atom stereocenters. The number of aryl methyl sites for hydroxylation is 1. The third-order valence-electron chi connectivity index (χ3n) is 3.28. The van der Waals surface area contributed by atoms with Gasteiger partial charge in [-0.1, -0.05) is 20.3 Å². The van der Waals surface area contributed by atoms with E-state index < -0.39 is 0 Å². The molecule has 4 heteroatoms. The second-order valence-corrected chi connectivity index (χ2v) is 5.70. The van der Waals surface area contributed by atoms with Crippen molar-refractivity contribution in [2.24, 2.45) is 0 Å². The van der Waals surface area contributed by atoms with Gasteiger partial charge in [-0.25, -0.2) is 4.98 Å². The Morgan fingerprint density at radius 3 is 2.67 bits per heavy atom. The van der Waals surface area contributed by atoms with Gasteiger partial charge in [0.1, 0.15) is 5.82 Å². The lowest BCUT2D eigenvalue weighted by atomic mass is 10.1. The Kier molecular flexibility index (Phi) is 8.31. The summed E-state index contributed by atoms with van der Waals surface area (Å²) in [5.74, 6) is 1.04. The van der Waals surface area contributed by atoms with E-state index in [2.05, 4.69) is 57.1 Å². The van der Waals surface area contributed by atoms with Crippen LogP contribution in [-0.2, 0) is 17.7 Å². The largest absolute Gasteiger partial charge is 0.377 e. The van der Waals surface area contributed by atoms with Crippen LogP contribution in [0.5, 0.6) is 0 Å². The number of aromatic nitrogens is 1. The van der Waals surface area contributed by atoms with Crippen LogP contribution in [-0.4, -0.2) is 37.8 Å². The molecule has 1 aromatic rings. The van der Waals surface area contributed by atoms with E-state index in [1.165, 1.54) is 11.3 Å². The Hall–Kier alpha value is -1.13. The summed E-state index contributed by atoms with van der Waals surface area (Å²) in [7, 11) is 2.08. The highest BCUT2D eigenvalue weighted by atomic mass is 16.5. The summed E-state index contributed by atoms with van der Waals surface area (Å²) in [6, 6.07) is 4.39. The lowest BCUT2D eigenvalue weighted by molar-refractivity contribution is 0.0845. The highest BCUT2D eigenvalue weighted by Crippen LogP contribution is 2.15. The van der Waals surface area contributed by atoms with Crippen molar-refractivity contribution in [3.63, 3.8) is 0 Å². The molecule has 4 nitrogen and oxygen atoms in total. The third-order valence-corrected chi connectivity index (χ3v) is 3.28. The average molecular weight is 293 g/mol. The van der Waals surface area contributed by atoms with E-state index in [9.17, 15) is 0 Å². The molecule has 1 rings (SSSR count). The zero-order chi connectivity index (χ0) is 15.7. The first-order chi connectivity index (χ1) is 10.1. The normalized spacial score (nSPS) is 11.1. The topological polar surface area (TPSA) is 37.4 Å². The molecular formula is C17H31N3O. The van der Waals surface area contributed by atoms with Crippen molar-refractivity contribution in [2.45, 2.75) is 53.2 Å². The second kappa shape index (κ2) is 9.74. The SMILES string of the molecule is CCCc1cc(CNCC)cc(N(C)CCOC(C)C)n1. The monoisotopic (exact) mass is 293 g/mol. The van der Waals surface area contributed by atoms with Crippen LogP contribution in [0.1, 0.15) is 45.4 Å². The average Bonchev–Trinajstić information content (AvgIpc) is 2.44. The molecule has 0 fully saturated rings. The van der Waals surface area contributed by atoms with Crippen molar-refractivity contribution in [3.05, 3.63) is 23.4 Å². The van der Waals surface area contributed by atoms with Crippen LogP contribution in [0.2, 0.25) is 0 Å². The van der Waals surface area contributed by atoms with Gasteiger partial charge in [0.15, 0.2) is 0 Å². The number of nitrogens with one attached hydrogen (secondary N) is 1. The molecule has 1 aromatic heterocycles. The molecule has 1 N–H and O–H groups in total. The van der Waals surface area contributed by atoms with Crippen LogP contribution in [0.25, 0.3) is 0 Å². The fraction of sp³-hybridized carbons (Fsp3) is 0.706. The first-order valence-electron chi connectivity index (χ1n) is 8.10. The third kappa shape index (κ3) is 6.91. The van der Waals surface area contributed by atoms with Gasteiger partial charge in [0, 0.05) is 25.8 Å². The molecule has 0 atom stereocenters. The van der Waals surface area contributed by atoms with E-state index in [0.717, 1.165) is 44.9 Å². The van der Waals surface area contributed by atoms with Gasteiger partial charge in [-0.15, -0.1) is 0 Å². The molecular weight excluding hydrogens is 262 g/mol. The van der Waals surface area contributed by atoms with Gasteiger partial charge in [0.05, 0.1) is 12.7 Å². The highest BCUT2D eigenvalue weighted by Gasteiger charge is 2.07. The van der Waals surface area contributed by atoms with Crippen molar-refractivity contribution in [1.29, 1.82) is 0 Å². The molecule has 0 bridgehead atoms. The maximum Gasteiger partial charge on any atom is 0.128 e. The molecule has 0 saturated heterocycles. The molecule has 120 valence electrons. The molecule has 0 spiro atoms. The molecule has 0 amide bonds. The molecule has 0 aliphatic heterocycles. The standard InChI is InChI=1S/C17H31N3O/c1-6-8-16-11-15(13-18-7-2)12-17(19-16)20(5)9-10-21-14(3)4/h11-12,14,18H,6-10,13H2,1-5H3. The summed E-state index contributed by atoms with van der Waals surface area (Å²) < 4.78 is 5.63. The Bertz CT molecular complexity index is 407. The molecule has 0 aliphatic rings. The highest BCUT2D eigenvalue weighted by molar-refractivity contribution is 5.42. The number of nitrogens with zero attached hydrogens (tertiary/aromatic N) is 2. The van der Waals surface area contributed by atoms with Crippen LogP contribution in [0.3, 0.4) is 0 Å². The van der Waals surface area contributed by atoms with Gasteiger partial charge in [-0.05, 0) is 44.5 Å². The van der Waals surface area contributed by atoms with E-state index in [0.29, 0.717) is 0 Å². The number of rotatable bonds is 10. The minimum atomic E-state index is 0.280. The number of ether oxygens (including phenoxy) is 1. The zero-order valence-electron chi connectivity index (χ0n) is 14.3. The number of pyridine rings is 1. The maximum atomic E-state index is 5.63. The smallest absolute Gasteiger partial charge is 0.128 e. The van der Waals surface area contributed by atoms with Crippen molar-refractivity contribution < 1.29 is 4.74 Å². The van der Waals surface area contributed by atoms with Crippen molar-refractivity contribution >= 4 is 5.82 Å². The minimum Gasteiger partial charge on any atom is -0.377 e. The quantitative estimate of drug-likeness (QED) is 0.719.